The minimum absolute atomic E-state index is 0.242. The van der Waals surface area contributed by atoms with Crippen molar-refractivity contribution >= 4 is 23.2 Å². The van der Waals surface area contributed by atoms with Gasteiger partial charge in [-0.05, 0) is 30.3 Å². The molecule has 0 atom stereocenters. The van der Waals surface area contributed by atoms with Crippen molar-refractivity contribution in [2.75, 3.05) is 11.9 Å². The number of aliphatic hydroxyl groups excluding tert-OH is 1. The van der Waals surface area contributed by atoms with Gasteiger partial charge in [-0.1, -0.05) is 23.4 Å². The maximum Gasteiger partial charge on any atom is 0.272 e. The molecule has 102 valence electrons. The number of hydrogen-bond acceptors (Lipinski definition) is 2. The third-order valence-corrected chi connectivity index (χ3v) is 2.94. The topological polar surface area (TPSA) is 54.3 Å². The first kappa shape index (κ1) is 14.2. The van der Waals surface area contributed by atoms with Crippen LogP contribution in [0.1, 0.15) is 16.1 Å². The molecule has 20 heavy (non-hydrogen) atoms. The van der Waals surface area contributed by atoms with Gasteiger partial charge in [0.05, 0.1) is 5.69 Å². The van der Waals surface area contributed by atoms with E-state index in [-0.39, 0.29) is 12.5 Å². The highest BCUT2D eigenvalue weighted by Gasteiger charge is 2.11. The van der Waals surface area contributed by atoms with E-state index in [1.165, 1.54) is 0 Å². The maximum atomic E-state index is 12.2. The molecule has 1 aromatic heterocycles. The van der Waals surface area contributed by atoms with E-state index >= 15 is 0 Å². The number of aliphatic hydroxyl groups is 1. The molecule has 0 saturated heterocycles. The van der Waals surface area contributed by atoms with Crippen LogP contribution in [0.15, 0.2) is 36.5 Å². The molecule has 1 amide bonds. The molecule has 0 saturated carbocycles. The quantitative estimate of drug-likeness (QED) is 0.833. The molecule has 0 bridgehead atoms. The summed E-state index contributed by atoms with van der Waals surface area (Å²) in [5.74, 6) is 5.08. The molecule has 0 radical (unpaired) electrons. The SMILES string of the molecule is Cn1cccc1C(=O)Nc1cc(Cl)ccc1C#CCO. The van der Waals surface area contributed by atoms with Crippen molar-refractivity contribution in [3.63, 3.8) is 0 Å². The van der Waals surface area contributed by atoms with E-state index < -0.39 is 0 Å². The Morgan fingerprint density at radius 2 is 2.25 bits per heavy atom. The number of halogens is 1. The highest BCUT2D eigenvalue weighted by atomic mass is 35.5. The van der Waals surface area contributed by atoms with E-state index in [9.17, 15) is 4.79 Å². The number of amides is 1. The zero-order chi connectivity index (χ0) is 14.5. The average molecular weight is 289 g/mol. The lowest BCUT2D eigenvalue weighted by Crippen LogP contribution is -2.16. The number of aromatic nitrogens is 1. The van der Waals surface area contributed by atoms with Crippen LogP contribution in [0.4, 0.5) is 5.69 Å². The number of aryl methyl sites for hydroxylation is 1. The number of carbonyl (C=O) groups excluding carboxylic acids is 1. The molecule has 1 heterocycles. The van der Waals surface area contributed by atoms with Gasteiger partial charge in [0.15, 0.2) is 0 Å². The first-order valence-corrected chi connectivity index (χ1v) is 6.31. The summed E-state index contributed by atoms with van der Waals surface area (Å²) in [6.07, 6.45) is 1.79. The molecule has 0 spiro atoms. The van der Waals surface area contributed by atoms with E-state index in [1.54, 1.807) is 48.1 Å². The summed E-state index contributed by atoms with van der Waals surface area (Å²) < 4.78 is 1.72. The minimum atomic E-state index is -0.244. The summed E-state index contributed by atoms with van der Waals surface area (Å²) in [6, 6.07) is 8.52. The third-order valence-electron chi connectivity index (χ3n) is 2.71. The molecule has 5 heteroatoms. The van der Waals surface area contributed by atoms with Crippen molar-refractivity contribution in [1.29, 1.82) is 0 Å². The average Bonchev–Trinajstić information content (AvgIpc) is 2.84. The van der Waals surface area contributed by atoms with Crippen LogP contribution in [0.2, 0.25) is 5.02 Å². The number of hydrogen-bond donors (Lipinski definition) is 2. The molecule has 2 N–H and O–H groups in total. The van der Waals surface area contributed by atoms with E-state index in [1.807, 2.05) is 0 Å². The van der Waals surface area contributed by atoms with Crippen molar-refractivity contribution < 1.29 is 9.90 Å². The number of anilines is 1. The summed E-state index contributed by atoms with van der Waals surface area (Å²) in [6.45, 7) is -0.242. The lowest BCUT2D eigenvalue weighted by atomic mass is 10.1. The Bertz CT molecular complexity index is 695. The van der Waals surface area contributed by atoms with Gasteiger partial charge in [-0.15, -0.1) is 0 Å². The van der Waals surface area contributed by atoms with Gasteiger partial charge in [-0.25, -0.2) is 0 Å². The van der Waals surface area contributed by atoms with Gasteiger partial charge in [0.25, 0.3) is 5.91 Å². The molecule has 0 aliphatic carbocycles. The molecule has 0 fully saturated rings. The first-order chi connectivity index (χ1) is 9.61. The Labute approximate surface area is 122 Å². The number of nitrogens with one attached hydrogen (secondary N) is 1. The maximum absolute atomic E-state index is 12.2. The number of rotatable bonds is 2. The van der Waals surface area contributed by atoms with Crippen molar-refractivity contribution in [3.05, 3.63) is 52.8 Å². The molecular weight excluding hydrogens is 276 g/mol. The van der Waals surface area contributed by atoms with Crippen LogP contribution in [-0.4, -0.2) is 22.2 Å². The van der Waals surface area contributed by atoms with Crippen molar-refractivity contribution in [1.82, 2.24) is 4.57 Å². The van der Waals surface area contributed by atoms with Gasteiger partial charge in [-0.3, -0.25) is 4.79 Å². The fourth-order valence-electron chi connectivity index (χ4n) is 1.75. The lowest BCUT2D eigenvalue weighted by Gasteiger charge is -2.08. The zero-order valence-corrected chi connectivity index (χ0v) is 11.6. The second kappa shape index (κ2) is 6.29. The Hall–Kier alpha value is -2.22. The van der Waals surface area contributed by atoms with Crippen LogP contribution in [0.3, 0.4) is 0 Å². The van der Waals surface area contributed by atoms with Crippen LogP contribution in [0, 0.1) is 11.8 Å². The normalized spacial score (nSPS) is 9.75. The van der Waals surface area contributed by atoms with Gasteiger partial charge < -0.3 is 15.0 Å². The molecule has 4 nitrogen and oxygen atoms in total. The highest BCUT2D eigenvalue weighted by Crippen LogP contribution is 2.21. The van der Waals surface area contributed by atoms with Crippen LogP contribution in [0.5, 0.6) is 0 Å². The molecular formula is C15H13ClN2O2. The van der Waals surface area contributed by atoms with E-state index in [0.717, 1.165) is 0 Å². The van der Waals surface area contributed by atoms with Gasteiger partial charge in [0, 0.05) is 23.8 Å². The number of carbonyl (C=O) groups is 1. The van der Waals surface area contributed by atoms with Crippen LogP contribution >= 0.6 is 11.6 Å². The third kappa shape index (κ3) is 3.21. The van der Waals surface area contributed by atoms with Gasteiger partial charge in [0.1, 0.15) is 12.3 Å². The standard InChI is InChI=1S/C15H13ClN2O2/c1-18-8-2-5-14(18)15(20)17-13-10-12(16)7-6-11(13)4-3-9-19/h2,5-8,10,19H,9H2,1H3,(H,17,20). The first-order valence-electron chi connectivity index (χ1n) is 5.94. The fourth-order valence-corrected chi connectivity index (χ4v) is 1.92. The lowest BCUT2D eigenvalue weighted by molar-refractivity contribution is 0.101. The number of benzene rings is 1. The largest absolute Gasteiger partial charge is 0.384 e. The highest BCUT2D eigenvalue weighted by molar-refractivity contribution is 6.31. The molecule has 2 rings (SSSR count). The monoisotopic (exact) mass is 288 g/mol. The summed E-state index contributed by atoms with van der Waals surface area (Å²) in [4.78, 5) is 12.2. The molecule has 2 aromatic rings. The Balaban J connectivity index is 2.31. The molecule has 0 aliphatic rings. The van der Waals surface area contributed by atoms with Crippen molar-refractivity contribution in [3.8, 4) is 11.8 Å². The predicted octanol–water partition coefficient (Wildman–Crippen LogP) is 2.27. The molecule has 1 aromatic carbocycles. The Morgan fingerprint density at radius 3 is 2.90 bits per heavy atom. The van der Waals surface area contributed by atoms with Crippen LogP contribution in [0.25, 0.3) is 0 Å². The minimum Gasteiger partial charge on any atom is -0.384 e. The van der Waals surface area contributed by atoms with E-state index in [0.29, 0.717) is 22.0 Å². The van der Waals surface area contributed by atoms with Crippen LogP contribution < -0.4 is 5.32 Å². The van der Waals surface area contributed by atoms with Crippen LogP contribution in [-0.2, 0) is 7.05 Å². The molecule has 0 aliphatic heterocycles. The summed E-state index contributed by atoms with van der Waals surface area (Å²) in [5, 5.41) is 12.0. The smallest absolute Gasteiger partial charge is 0.272 e. The van der Waals surface area contributed by atoms with Crippen molar-refractivity contribution in [2.24, 2.45) is 7.05 Å². The summed E-state index contributed by atoms with van der Waals surface area (Å²) in [5.41, 5.74) is 1.65. The van der Waals surface area contributed by atoms with E-state index in [4.69, 9.17) is 16.7 Å². The number of nitrogens with zero attached hydrogens (tertiary/aromatic N) is 1. The zero-order valence-electron chi connectivity index (χ0n) is 10.9. The van der Waals surface area contributed by atoms with Gasteiger partial charge in [0.2, 0.25) is 0 Å². The van der Waals surface area contributed by atoms with Gasteiger partial charge >= 0.3 is 0 Å². The predicted molar refractivity (Wildman–Crippen MR) is 78.8 cm³/mol. The second-order valence-corrected chi connectivity index (χ2v) is 4.54. The Morgan fingerprint density at radius 1 is 1.45 bits per heavy atom. The summed E-state index contributed by atoms with van der Waals surface area (Å²) >= 11 is 5.94. The molecule has 0 unspecified atom stereocenters. The van der Waals surface area contributed by atoms with E-state index in [2.05, 4.69) is 17.2 Å². The van der Waals surface area contributed by atoms with Crippen molar-refractivity contribution in [2.45, 2.75) is 0 Å². The second-order valence-electron chi connectivity index (χ2n) is 4.11. The van der Waals surface area contributed by atoms with Gasteiger partial charge in [-0.2, -0.15) is 0 Å². The fraction of sp³-hybridized carbons (Fsp3) is 0.133. The Kier molecular flexibility index (Phi) is 4.46. The summed E-state index contributed by atoms with van der Waals surface area (Å²) in [7, 11) is 1.79.